The molecular formula is C15H13FN4O. The number of carbonyl (C=O) groups excluding carboxylic acids is 1. The summed E-state index contributed by atoms with van der Waals surface area (Å²) in [5, 5.41) is 10.9. The number of hydrogen-bond acceptors (Lipinski definition) is 3. The van der Waals surface area contributed by atoms with Gasteiger partial charge in [-0.25, -0.2) is 4.39 Å². The fourth-order valence-corrected chi connectivity index (χ4v) is 2.13. The molecule has 2 aromatic heterocycles. The molecule has 3 rings (SSSR count). The molecule has 0 saturated carbocycles. The third-order valence-electron chi connectivity index (χ3n) is 3.16. The van der Waals surface area contributed by atoms with Crippen LogP contribution in [0.25, 0.3) is 5.65 Å². The quantitative estimate of drug-likeness (QED) is 0.803. The third kappa shape index (κ3) is 2.60. The van der Waals surface area contributed by atoms with Crippen molar-refractivity contribution in [3.8, 4) is 0 Å². The summed E-state index contributed by atoms with van der Waals surface area (Å²) >= 11 is 0. The lowest BCUT2D eigenvalue weighted by Gasteiger charge is -2.12. The van der Waals surface area contributed by atoms with E-state index in [1.54, 1.807) is 17.4 Å². The number of carbonyl (C=O) groups is 1. The minimum atomic E-state index is -0.441. The number of pyridine rings is 1. The first-order valence-electron chi connectivity index (χ1n) is 6.51. The number of halogens is 1. The Morgan fingerprint density at radius 3 is 2.90 bits per heavy atom. The zero-order valence-corrected chi connectivity index (χ0v) is 11.3. The second-order valence-electron chi connectivity index (χ2n) is 4.69. The molecule has 21 heavy (non-hydrogen) atoms. The molecule has 1 atom stereocenters. The average Bonchev–Trinajstić information content (AvgIpc) is 2.91. The first-order chi connectivity index (χ1) is 10.1. The fraction of sp³-hybridized carbons (Fsp3) is 0.133. The smallest absolute Gasteiger partial charge is 0.251 e. The molecule has 106 valence electrons. The Balaban J connectivity index is 1.83. The molecule has 0 radical (unpaired) electrons. The molecule has 0 saturated heterocycles. The fourth-order valence-electron chi connectivity index (χ4n) is 2.13. The van der Waals surface area contributed by atoms with Gasteiger partial charge < -0.3 is 5.32 Å². The molecule has 1 N–H and O–H groups in total. The van der Waals surface area contributed by atoms with E-state index < -0.39 is 5.82 Å². The molecule has 3 aromatic rings. The SMILES string of the molecule is C[C@H](NC(=O)c1cccc(F)c1)c1nnc2ccccn12. The van der Waals surface area contributed by atoms with E-state index in [9.17, 15) is 9.18 Å². The van der Waals surface area contributed by atoms with Crippen LogP contribution < -0.4 is 5.32 Å². The summed E-state index contributed by atoms with van der Waals surface area (Å²) < 4.78 is 14.9. The van der Waals surface area contributed by atoms with Crippen molar-refractivity contribution in [1.82, 2.24) is 19.9 Å². The van der Waals surface area contributed by atoms with Crippen molar-refractivity contribution in [2.75, 3.05) is 0 Å². The van der Waals surface area contributed by atoms with Crippen molar-refractivity contribution in [3.05, 3.63) is 65.9 Å². The van der Waals surface area contributed by atoms with E-state index in [2.05, 4.69) is 15.5 Å². The molecule has 0 aliphatic rings. The van der Waals surface area contributed by atoms with E-state index >= 15 is 0 Å². The molecule has 0 unspecified atom stereocenters. The maximum absolute atomic E-state index is 13.1. The highest BCUT2D eigenvalue weighted by molar-refractivity contribution is 5.94. The number of hydrogen-bond donors (Lipinski definition) is 1. The molecule has 0 spiro atoms. The molecule has 0 aliphatic heterocycles. The maximum Gasteiger partial charge on any atom is 0.251 e. The summed E-state index contributed by atoms with van der Waals surface area (Å²) in [6.07, 6.45) is 1.83. The Kier molecular flexibility index (Phi) is 3.35. The molecule has 0 bridgehead atoms. The molecule has 0 aliphatic carbocycles. The lowest BCUT2D eigenvalue weighted by molar-refractivity contribution is 0.0937. The van der Waals surface area contributed by atoms with Crippen molar-refractivity contribution in [1.29, 1.82) is 0 Å². The Labute approximate surface area is 120 Å². The van der Waals surface area contributed by atoms with Crippen molar-refractivity contribution in [2.45, 2.75) is 13.0 Å². The van der Waals surface area contributed by atoms with E-state index in [1.165, 1.54) is 18.2 Å². The molecule has 0 fully saturated rings. The predicted octanol–water partition coefficient (Wildman–Crippen LogP) is 2.36. The van der Waals surface area contributed by atoms with E-state index in [0.717, 1.165) is 0 Å². The maximum atomic E-state index is 13.1. The monoisotopic (exact) mass is 284 g/mol. The van der Waals surface area contributed by atoms with Crippen LogP contribution in [0, 0.1) is 5.82 Å². The lowest BCUT2D eigenvalue weighted by atomic mass is 10.2. The number of nitrogens with one attached hydrogen (secondary N) is 1. The summed E-state index contributed by atoms with van der Waals surface area (Å²) in [7, 11) is 0. The van der Waals surface area contributed by atoms with Gasteiger partial charge in [0.1, 0.15) is 5.82 Å². The van der Waals surface area contributed by atoms with E-state index in [0.29, 0.717) is 11.5 Å². The Hall–Kier alpha value is -2.76. The van der Waals surface area contributed by atoms with Crippen LogP contribution in [-0.2, 0) is 0 Å². The number of rotatable bonds is 3. The zero-order valence-electron chi connectivity index (χ0n) is 11.3. The van der Waals surface area contributed by atoms with Crippen LogP contribution in [0.4, 0.5) is 4.39 Å². The minimum Gasteiger partial charge on any atom is -0.342 e. The highest BCUT2D eigenvalue weighted by Gasteiger charge is 2.16. The number of benzene rings is 1. The predicted molar refractivity (Wildman–Crippen MR) is 75.3 cm³/mol. The normalized spacial score (nSPS) is 12.3. The average molecular weight is 284 g/mol. The van der Waals surface area contributed by atoms with Gasteiger partial charge in [-0.1, -0.05) is 12.1 Å². The summed E-state index contributed by atoms with van der Waals surface area (Å²) in [6, 6.07) is 10.8. The summed E-state index contributed by atoms with van der Waals surface area (Å²) in [6.45, 7) is 1.81. The Bertz CT molecular complexity index is 799. The Morgan fingerprint density at radius 2 is 2.10 bits per heavy atom. The second-order valence-corrected chi connectivity index (χ2v) is 4.69. The van der Waals surface area contributed by atoms with Gasteiger partial charge >= 0.3 is 0 Å². The van der Waals surface area contributed by atoms with Crippen molar-refractivity contribution < 1.29 is 9.18 Å². The summed E-state index contributed by atoms with van der Waals surface area (Å²) in [5.41, 5.74) is 0.982. The van der Waals surface area contributed by atoms with Gasteiger partial charge in [-0.2, -0.15) is 0 Å². The van der Waals surface area contributed by atoms with Gasteiger partial charge in [0.25, 0.3) is 5.91 Å². The van der Waals surface area contributed by atoms with Gasteiger partial charge in [-0.3, -0.25) is 9.20 Å². The largest absolute Gasteiger partial charge is 0.342 e. The molecule has 2 heterocycles. The third-order valence-corrected chi connectivity index (χ3v) is 3.16. The van der Waals surface area contributed by atoms with Crippen LogP contribution in [-0.4, -0.2) is 20.5 Å². The molecule has 6 heteroatoms. The first-order valence-corrected chi connectivity index (χ1v) is 6.51. The molecule has 5 nitrogen and oxygen atoms in total. The lowest BCUT2D eigenvalue weighted by Crippen LogP contribution is -2.28. The number of aromatic nitrogens is 3. The Morgan fingerprint density at radius 1 is 1.24 bits per heavy atom. The van der Waals surface area contributed by atoms with Crippen molar-refractivity contribution in [3.63, 3.8) is 0 Å². The second kappa shape index (κ2) is 5.32. The van der Waals surface area contributed by atoms with Crippen LogP contribution in [0.1, 0.15) is 29.1 Å². The van der Waals surface area contributed by atoms with Crippen LogP contribution in [0.2, 0.25) is 0 Å². The summed E-state index contributed by atoms with van der Waals surface area (Å²) in [5.74, 6) is -0.173. The van der Waals surface area contributed by atoms with Crippen molar-refractivity contribution >= 4 is 11.6 Å². The van der Waals surface area contributed by atoms with Gasteiger partial charge in [0, 0.05) is 11.8 Å². The first kappa shape index (κ1) is 13.2. The zero-order chi connectivity index (χ0) is 14.8. The molecule has 1 amide bonds. The number of amides is 1. The van der Waals surface area contributed by atoms with Gasteiger partial charge in [-0.05, 0) is 37.3 Å². The van der Waals surface area contributed by atoms with Crippen LogP contribution >= 0.6 is 0 Å². The topological polar surface area (TPSA) is 59.3 Å². The van der Waals surface area contributed by atoms with E-state index in [1.807, 2.05) is 24.4 Å². The standard InChI is InChI=1S/C15H13FN4O/c1-10(14-19-18-13-7-2-3-8-20(13)14)17-15(21)11-5-4-6-12(16)9-11/h2-10H,1H3,(H,17,21)/t10-/m0/s1. The summed E-state index contributed by atoms with van der Waals surface area (Å²) in [4.78, 5) is 12.1. The minimum absolute atomic E-state index is 0.274. The molecule has 1 aromatic carbocycles. The van der Waals surface area contributed by atoms with E-state index in [-0.39, 0.29) is 17.5 Å². The van der Waals surface area contributed by atoms with Crippen LogP contribution in [0.5, 0.6) is 0 Å². The van der Waals surface area contributed by atoms with Gasteiger partial charge in [0.05, 0.1) is 6.04 Å². The van der Waals surface area contributed by atoms with Gasteiger partial charge in [0.15, 0.2) is 11.5 Å². The molecular weight excluding hydrogens is 271 g/mol. The van der Waals surface area contributed by atoms with E-state index in [4.69, 9.17) is 0 Å². The van der Waals surface area contributed by atoms with Crippen molar-refractivity contribution in [2.24, 2.45) is 0 Å². The highest BCUT2D eigenvalue weighted by Crippen LogP contribution is 2.13. The van der Waals surface area contributed by atoms with Crippen LogP contribution in [0.3, 0.4) is 0 Å². The van der Waals surface area contributed by atoms with Gasteiger partial charge in [0.2, 0.25) is 0 Å². The van der Waals surface area contributed by atoms with Gasteiger partial charge in [-0.15, -0.1) is 10.2 Å². The number of fused-ring (bicyclic) bond motifs is 1. The highest BCUT2D eigenvalue weighted by atomic mass is 19.1. The number of nitrogens with zero attached hydrogens (tertiary/aromatic N) is 3. The van der Waals surface area contributed by atoms with Crippen LogP contribution in [0.15, 0.2) is 48.7 Å².